The summed E-state index contributed by atoms with van der Waals surface area (Å²) in [5.41, 5.74) is 10.5. The minimum atomic E-state index is -3.41. The molecule has 126 heavy (non-hydrogen) atoms. The van der Waals surface area contributed by atoms with E-state index in [0.29, 0.717) is 53.8 Å². The third kappa shape index (κ3) is 49.3. The third-order valence-corrected chi connectivity index (χ3v) is 653. The summed E-state index contributed by atoms with van der Waals surface area (Å²) in [4.78, 5) is 9.22. The van der Waals surface area contributed by atoms with Gasteiger partial charge >= 0.3 is 0 Å². The molecular formula is C26H119N5O4P90S. The predicted molar refractivity (Wildman–Crippen MR) is 888 cm³/mol. The lowest BCUT2D eigenvalue weighted by molar-refractivity contribution is 0.0983. The maximum atomic E-state index is 13.0. The van der Waals surface area contributed by atoms with E-state index in [0.717, 1.165) is 17.7 Å². The van der Waals surface area contributed by atoms with E-state index in [1.165, 1.54) is 5.56 Å². The van der Waals surface area contributed by atoms with Gasteiger partial charge in [0.2, 0.25) is 0 Å². The topological polar surface area (TPSA) is 133 Å². The molecule has 0 spiro atoms. The van der Waals surface area contributed by atoms with Crippen molar-refractivity contribution in [2.45, 2.75) is 29.5 Å². The summed E-state index contributed by atoms with van der Waals surface area (Å²) in [7, 11) is 171. The number of rotatable bonds is 50. The fourth-order valence-electron chi connectivity index (χ4n) is 9.77. The number of nitrogens with zero attached hydrogens (tertiary/aromatic N) is 3. The number of nitrogens with one attached hydrogen (secondary N) is 1. The van der Waals surface area contributed by atoms with E-state index in [-0.39, 0.29) is 125 Å². The van der Waals surface area contributed by atoms with Gasteiger partial charge in [0.25, 0.3) is 0 Å². The number of nitrogen functional groups attached to an aromatic ring is 1. The molecular weight excluding hydrogens is 3270 g/mol. The molecule has 0 saturated carbocycles. The van der Waals surface area contributed by atoms with E-state index < -0.39 is 204 Å². The minimum absolute atomic E-state index is 0.213. The van der Waals surface area contributed by atoms with Crippen LogP contribution in [0.1, 0.15) is 18.4 Å². The highest BCUT2D eigenvalue weighted by molar-refractivity contribution is 9.59. The number of aromatic nitrogens is 3. The number of anilines is 1. The van der Waals surface area contributed by atoms with Gasteiger partial charge in [0.15, 0.2) is 27.1 Å². The smallest absolute Gasteiger partial charge is 0.189 e. The molecule has 9 nitrogen and oxygen atoms in total. The maximum Gasteiger partial charge on any atom is 0.189 e. The van der Waals surface area contributed by atoms with Crippen molar-refractivity contribution >= 4 is 734 Å². The Bertz CT molecular complexity index is 3490. The minimum Gasteiger partial charge on any atom is -0.382 e. The summed E-state index contributed by atoms with van der Waals surface area (Å²) in [6.07, 6.45) is 2.57. The van der Waals surface area contributed by atoms with Crippen LogP contribution in [0.4, 0.5) is 5.82 Å². The summed E-state index contributed by atoms with van der Waals surface area (Å²) in [5.74, 6) is 0.611. The highest BCUT2D eigenvalue weighted by atomic mass is 33.6. The molecule has 2 aromatic carbocycles. The van der Waals surface area contributed by atoms with Gasteiger partial charge in [-0.2, -0.15) is 0 Å². The molecule has 0 amide bonds. The van der Waals surface area contributed by atoms with E-state index in [2.05, 4.69) is 431 Å². The Morgan fingerprint density at radius 1 is 0.325 bits per heavy atom. The molecule has 728 valence electrons. The lowest BCUT2D eigenvalue weighted by Gasteiger charge is -2.63. The zero-order chi connectivity index (χ0) is 96.5. The van der Waals surface area contributed by atoms with Gasteiger partial charge in [0, 0.05) is 37.0 Å². The van der Waals surface area contributed by atoms with Crippen LogP contribution < -0.4 is 11.1 Å². The number of hydrogen-bond donors (Lipinski definition) is 2. The Labute approximate surface area is 914 Å². The Morgan fingerprint density at radius 2 is 0.548 bits per heavy atom. The highest BCUT2D eigenvalue weighted by Gasteiger charge is 2.66. The first kappa shape index (κ1) is 153. The number of benzene rings is 2. The first-order valence-corrected chi connectivity index (χ1v) is 198. The molecule has 5 rings (SSSR count). The van der Waals surface area contributed by atoms with Crippen molar-refractivity contribution in [3.63, 3.8) is 0 Å². The first-order chi connectivity index (χ1) is 58.3. The van der Waals surface area contributed by atoms with Crippen LogP contribution in [-0.2, 0) is 21.1 Å². The molecule has 1 aliphatic heterocycles. The van der Waals surface area contributed by atoms with Crippen LogP contribution >= 0.6 is 718 Å². The fraction of sp³-hybridized carbons (Fsp3) is 0.269. The Kier molecular flexibility index (Phi) is 98.2. The fourth-order valence-corrected chi connectivity index (χ4v) is 1350. The zero-order valence-corrected chi connectivity index (χ0v) is 159. The normalized spacial score (nSPS) is 15.2. The quantitative estimate of drug-likeness (QED) is 0.0415. The van der Waals surface area contributed by atoms with E-state index in [1.807, 2.05) is 31.3 Å². The van der Waals surface area contributed by atoms with Gasteiger partial charge in [-0.3, -0.25) is 0 Å². The standard InChI is InChI=1S/C26H27N5O4S.H92P90/c1-28-15-17-2-4-18(5-3-17)22-14-24(35-31-22)25-26(27)29-16-23(30-25)19-6-8-20(9-7-19)36(32,33)21-10-12-34-13-11-21;1-47(2)70(48(3)4)81(69(45)46)87(82(71(49(5)6)50(7)8)72(51(9)10)52(11)12)90(88(83(73(53(13)14)54(15)16)74(55(17)18)56(19)20)84(75(57(21)22)58(23)24)76(59(25)26)60(27)28)89(85(77(61(29)30)62(31)32)78(63(33)34)64(35)36)86(79(65(37)38)66(39)40)80(67(41)42)68(43)44/h2-9,14,16,21,28H,10-13,15H2,1H3,(H2,27,29);1-46H2. The largest absolute Gasteiger partial charge is 0.382 e. The molecule has 3 N–H and O–H groups in total. The van der Waals surface area contributed by atoms with Gasteiger partial charge in [-0.25, -0.2) is 18.4 Å². The molecule has 48 unspecified atom stereocenters. The molecule has 100 heteroatoms. The number of nitrogens with two attached hydrogens (primary N) is 1. The van der Waals surface area contributed by atoms with E-state index in [4.69, 9.17) is 15.0 Å². The van der Waals surface area contributed by atoms with Gasteiger partial charge in [0.1, 0.15) is 5.69 Å². The van der Waals surface area contributed by atoms with Gasteiger partial charge in [0.05, 0.1) is 22.0 Å². The molecule has 0 bridgehead atoms. The first-order valence-electron chi connectivity index (χ1n) is 32.2. The highest BCUT2D eigenvalue weighted by Crippen LogP contribution is 3.53. The third-order valence-electron chi connectivity index (χ3n) is 14.2. The summed E-state index contributed by atoms with van der Waals surface area (Å²) in [5, 5.41) is 6.88. The van der Waals surface area contributed by atoms with Crippen molar-refractivity contribution in [2.24, 2.45) is 0 Å². The molecule has 4 aromatic rings. The van der Waals surface area contributed by atoms with Crippen molar-refractivity contribution < 1.29 is 17.7 Å². The van der Waals surface area contributed by atoms with Crippen LogP contribution in [0.15, 0.2) is 70.2 Å². The Hall–Kier alpha value is 35.1. The van der Waals surface area contributed by atoms with Gasteiger partial charge < -0.3 is 20.3 Å². The lowest BCUT2D eigenvalue weighted by Crippen LogP contribution is -2.28. The van der Waals surface area contributed by atoms with Crippen molar-refractivity contribution in [1.82, 2.24) is 20.4 Å². The molecule has 2 aromatic heterocycles. The summed E-state index contributed by atoms with van der Waals surface area (Å²) < 4.78 is 36.8. The molecule has 1 aliphatic rings. The van der Waals surface area contributed by atoms with Gasteiger partial charge in [-0.1, -0.05) is 41.6 Å². The van der Waals surface area contributed by atoms with Gasteiger partial charge in [-0.05, 0) is 345 Å². The van der Waals surface area contributed by atoms with Crippen molar-refractivity contribution in [3.05, 3.63) is 66.4 Å². The maximum absolute atomic E-state index is 13.0. The average Bonchev–Trinajstić information content (AvgIpc) is 0.769. The second-order valence-electron chi connectivity index (χ2n) is 23.0. The Balaban J connectivity index is 0.000000752. The molecule has 0 aliphatic carbocycles. The summed E-state index contributed by atoms with van der Waals surface area (Å²) in [6, 6.07) is 16.5. The van der Waals surface area contributed by atoms with Crippen LogP contribution in [0.25, 0.3) is 34.0 Å². The SMILES string of the molecule is CNCc1ccc(-c2cc(-c3nc(-c4ccc(S(=O)(=O)C5CCOCC5)cc4)cnc3N)on2)cc1.PP(P)P(P(P)P)P(P(P)P)P(P(P(P(P)P)P(P)P)P(P(P)P)P(P)P)P(P(P(P(P(P)P)P(P)P)P(P(P)P)P(P)P)P(P(P(P)P)P(P)P)P(P(P)P)P(P)P)P(P(P(P(P)P)P(P)P)P(P(P)P)P(P)P)P(P(P(P)P)P(P)P)P(P(P)P)P(P)P. The van der Waals surface area contributed by atoms with Crippen molar-refractivity contribution in [3.8, 4) is 34.0 Å². The summed E-state index contributed by atoms with van der Waals surface area (Å²) in [6.45, 7) is -16.1. The summed E-state index contributed by atoms with van der Waals surface area (Å²) >= 11 is 0. The van der Waals surface area contributed by atoms with Crippen LogP contribution in [0.3, 0.4) is 0 Å². The van der Waals surface area contributed by atoms with Crippen molar-refractivity contribution in [1.29, 1.82) is 0 Å². The van der Waals surface area contributed by atoms with Crippen molar-refractivity contribution in [2.75, 3.05) is 26.0 Å². The Morgan fingerprint density at radius 3 is 0.794 bits per heavy atom. The molecule has 1 fully saturated rings. The van der Waals surface area contributed by atoms with Crippen LogP contribution in [0.2, 0.25) is 0 Å². The number of sulfone groups is 1. The van der Waals surface area contributed by atoms with Crippen LogP contribution in [-0.4, -0.2) is 49.1 Å². The zero-order valence-electron chi connectivity index (χ0n) is 66.1. The van der Waals surface area contributed by atoms with Crippen LogP contribution in [0.5, 0.6) is 0 Å². The van der Waals surface area contributed by atoms with Crippen LogP contribution in [0, 0.1) is 0 Å². The second-order valence-corrected chi connectivity index (χ2v) is 399. The lowest BCUT2D eigenvalue weighted by atomic mass is 10.1. The predicted octanol–water partition coefficient (Wildman–Crippen LogP) is 56.6. The molecule has 48 atom stereocenters. The molecule has 3 heterocycles. The van der Waals surface area contributed by atoms with Gasteiger partial charge in [-0.15, -0.1) is 411 Å². The second kappa shape index (κ2) is 80.7. The monoisotopic (exact) mass is 3390 g/mol. The number of hydrogen-bond acceptors (Lipinski definition) is 9. The molecule has 0 radical (unpaired) electrons. The van der Waals surface area contributed by atoms with E-state index in [9.17, 15) is 8.42 Å². The van der Waals surface area contributed by atoms with E-state index >= 15 is 0 Å². The average molecular weight is 3390 g/mol. The van der Waals surface area contributed by atoms with E-state index in [1.54, 1.807) is 36.5 Å². The number of ether oxygens (including phenoxy) is 1. The molecule has 1 saturated heterocycles.